The number of benzene rings is 1. The lowest BCUT2D eigenvalue weighted by Crippen LogP contribution is -2.47. The van der Waals surface area contributed by atoms with E-state index in [0.717, 1.165) is 25.9 Å². The third kappa shape index (κ3) is 1.60. The molecule has 102 valence electrons. The molecule has 4 rings (SSSR count). The minimum atomic E-state index is -2.41. The maximum atomic E-state index is 13.3. The Balaban J connectivity index is 1.68. The van der Waals surface area contributed by atoms with Gasteiger partial charge in [-0.05, 0) is 36.8 Å². The fourth-order valence-corrected chi connectivity index (χ4v) is 4.91. The first kappa shape index (κ1) is 11.8. The first-order valence-electron chi connectivity index (χ1n) is 7.22. The second kappa shape index (κ2) is 3.57. The first-order valence-corrected chi connectivity index (χ1v) is 7.22. The number of nitrogens with zero attached hydrogens (tertiary/aromatic N) is 1. The molecular formula is C16H19F2N. The van der Waals surface area contributed by atoms with E-state index < -0.39 is 5.92 Å². The van der Waals surface area contributed by atoms with E-state index in [4.69, 9.17) is 0 Å². The van der Waals surface area contributed by atoms with Gasteiger partial charge in [0.25, 0.3) is 0 Å². The Bertz CT molecular complexity index is 491. The smallest absolute Gasteiger partial charge is 0.249 e. The van der Waals surface area contributed by atoms with E-state index in [0.29, 0.717) is 0 Å². The van der Waals surface area contributed by atoms with Crippen LogP contribution in [0.1, 0.15) is 37.7 Å². The predicted molar refractivity (Wildman–Crippen MR) is 70.2 cm³/mol. The molecule has 1 unspecified atom stereocenters. The molecule has 0 amide bonds. The lowest BCUT2D eigenvalue weighted by Gasteiger charge is -2.45. The molecule has 0 bridgehead atoms. The summed E-state index contributed by atoms with van der Waals surface area (Å²) in [6.45, 7) is 1.94. The van der Waals surface area contributed by atoms with Crippen molar-refractivity contribution in [1.29, 1.82) is 0 Å². The zero-order chi connectivity index (χ0) is 13.1. The van der Waals surface area contributed by atoms with E-state index in [2.05, 4.69) is 29.2 Å². The first-order chi connectivity index (χ1) is 9.04. The van der Waals surface area contributed by atoms with Gasteiger partial charge in [0, 0.05) is 24.9 Å². The van der Waals surface area contributed by atoms with Crippen molar-refractivity contribution in [3.8, 4) is 0 Å². The molecule has 1 aromatic rings. The molecule has 1 saturated carbocycles. The zero-order valence-corrected chi connectivity index (χ0v) is 11.0. The summed E-state index contributed by atoms with van der Waals surface area (Å²) in [6.07, 6.45) is 3.46. The molecule has 1 atom stereocenters. The Hall–Kier alpha value is -0.960. The Labute approximate surface area is 112 Å². The fraction of sp³-hybridized carbons (Fsp3) is 0.625. The number of alkyl halides is 2. The van der Waals surface area contributed by atoms with Gasteiger partial charge >= 0.3 is 0 Å². The highest BCUT2D eigenvalue weighted by Gasteiger charge is 2.65. The predicted octanol–water partition coefficient (Wildman–Crippen LogP) is 3.80. The normalized spacial score (nSPS) is 35.3. The van der Waals surface area contributed by atoms with Gasteiger partial charge in [-0.15, -0.1) is 0 Å². The minimum Gasteiger partial charge on any atom is -0.293 e. The molecule has 2 saturated heterocycles. The van der Waals surface area contributed by atoms with Crippen molar-refractivity contribution >= 4 is 0 Å². The second-order valence-electron chi connectivity index (χ2n) is 6.81. The van der Waals surface area contributed by atoms with E-state index in [-0.39, 0.29) is 23.8 Å². The van der Waals surface area contributed by atoms with Crippen molar-refractivity contribution in [3.63, 3.8) is 0 Å². The van der Waals surface area contributed by atoms with Crippen LogP contribution in [0.4, 0.5) is 8.78 Å². The summed E-state index contributed by atoms with van der Waals surface area (Å²) in [4.78, 5) is 2.48. The van der Waals surface area contributed by atoms with Gasteiger partial charge in [-0.1, -0.05) is 30.3 Å². The maximum Gasteiger partial charge on any atom is 0.249 e. The van der Waals surface area contributed by atoms with E-state index in [1.54, 1.807) is 0 Å². The average Bonchev–Trinajstić information content (AvgIpc) is 2.83. The highest BCUT2D eigenvalue weighted by molar-refractivity contribution is 5.30. The SMILES string of the molecule is FC1(F)CC2(CN3CCCC3(c3ccccc3)C2)C1. The largest absolute Gasteiger partial charge is 0.293 e. The number of halogens is 2. The highest BCUT2D eigenvalue weighted by atomic mass is 19.3. The van der Waals surface area contributed by atoms with Crippen LogP contribution in [0.2, 0.25) is 0 Å². The molecule has 1 spiro atoms. The van der Waals surface area contributed by atoms with Gasteiger partial charge in [-0.25, -0.2) is 8.78 Å². The van der Waals surface area contributed by atoms with Crippen LogP contribution in [0.25, 0.3) is 0 Å². The Kier molecular flexibility index (Phi) is 2.22. The number of hydrogen-bond donors (Lipinski definition) is 0. The minimum absolute atomic E-state index is 0.0533. The third-order valence-corrected chi connectivity index (χ3v) is 5.40. The molecule has 2 aliphatic heterocycles. The molecule has 3 heteroatoms. The molecular weight excluding hydrogens is 244 g/mol. The van der Waals surface area contributed by atoms with Crippen LogP contribution in [0, 0.1) is 5.41 Å². The van der Waals surface area contributed by atoms with Crippen molar-refractivity contribution in [1.82, 2.24) is 4.90 Å². The van der Waals surface area contributed by atoms with Crippen LogP contribution in [-0.4, -0.2) is 23.9 Å². The van der Waals surface area contributed by atoms with Crippen molar-refractivity contribution in [3.05, 3.63) is 35.9 Å². The van der Waals surface area contributed by atoms with Crippen LogP contribution >= 0.6 is 0 Å². The van der Waals surface area contributed by atoms with Crippen molar-refractivity contribution < 1.29 is 8.78 Å². The van der Waals surface area contributed by atoms with Crippen molar-refractivity contribution in [2.45, 2.75) is 43.6 Å². The second-order valence-corrected chi connectivity index (χ2v) is 6.81. The molecule has 3 fully saturated rings. The molecule has 0 N–H and O–H groups in total. The van der Waals surface area contributed by atoms with E-state index in [1.165, 1.54) is 12.0 Å². The van der Waals surface area contributed by atoms with Gasteiger partial charge in [-0.3, -0.25) is 4.90 Å². The van der Waals surface area contributed by atoms with Crippen LogP contribution in [0.15, 0.2) is 30.3 Å². The summed E-state index contributed by atoms with van der Waals surface area (Å²) in [7, 11) is 0. The topological polar surface area (TPSA) is 3.24 Å². The number of fused-ring (bicyclic) bond motifs is 1. The molecule has 0 radical (unpaired) electrons. The standard InChI is InChI=1S/C16H19F2N/c17-16(18)10-14(11-16)9-15(7-4-8-19(15)12-14)13-5-2-1-3-6-13/h1-3,5-6H,4,7-12H2. The van der Waals surface area contributed by atoms with Crippen LogP contribution in [0.5, 0.6) is 0 Å². The fourth-order valence-electron chi connectivity index (χ4n) is 4.91. The Morgan fingerprint density at radius 3 is 2.42 bits per heavy atom. The molecule has 1 nitrogen and oxygen atoms in total. The quantitative estimate of drug-likeness (QED) is 0.745. The summed E-state index contributed by atoms with van der Waals surface area (Å²) in [6, 6.07) is 10.5. The lowest BCUT2D eigenvalue weighted by molar-refractivity contribution is -0.156. The molecule has 2 heterocycles. The maximum absolute atomic E-state index is 13.3. The summed E-state index contributed by atoms with van der Waals surface area (Å²) in [5, 5.41) is 0. The van der Waals surface area contributed by atoms with Crippen LogP contribution in [0.3, 0.4) is 0 Å². The summed E-state index contributed by atoms with van der Waals surface area (Å²) in [5.41, 5.74) is 1.27. The Morgan fingerprint density at radius 2 is 1.74 bits per heavy atom. The van der Waals surface area contributed by atoms with E-state index >= 15 is 0 Å². The van der Waals surface area contributed by atoms with Gasteiger partial charge in [0.2, 0.25) is 5.92 Å². The zero-order valence-electron chi connectivity index (χ0n) is 11.0. The van der Waals surface area contributed by atoms with Gasteiger partial charge in [-0.2, -0.15) is 0 Å². The number of hydrogen-bond acceptors (Lipinski definition) is 1. The van der Waals surface area contributed by atoms with Crippen molar-refractivity contribution in [2.24, 2.45) is 5.41 Å². The van der Waals surface area contributed by atoms with Gasteiger partial charge in [0.05, 0.1) is 0 Å². The van der Waals surface area contributed by atoms with Crippen LogP contribution in [-0.2, 0) is 5.54 Å². The monoisotopic (exact) mass is 263 g/mol. The third-order valence-electron chi connectivity index (χ3n) is 5.40. The van der Waals surface area contributed by atoms with Gasteiger partial charge in [0.1, 0.15) is 0 Å². The molecule has 3 aliphatic rings. The highest BCUT2D eigenvalue weighted by Crippen LogP contribution is 2.64. The van der Waals surface area contributed by atoms with E-state index in [1.807, 2.05) is 6.07 Å². The lowest BCUT2D eigenvalue weighted by atomic mass is 9.62. The average molecular weight is 263 g/mol. The van der Waals surface area contributed by atoms with Crippen LogP contribution < -0.4 is 0 Å². The number of rotatable bonds is 1. The van der Waals surface area contributed by atoms with Gasteiger partial charge in [0.15, 0.2) is 0 Å². The van der Waals surface area contributed by atoms with Crippen molar-refractivity contribution in [2.75, 3.05) is 13.1 Å². The summed E-state index contributed by atoms with van der Waals surface area (Å²) in [5.74, 6) is -2.41. The molecule has 1 aliphatic carbocycles. The Morgan fingerprint density at radius 1 is 1.00 bits per heavy atom. The molecule has 1 aromatic carbocycles. The molecule has 19 heavy (non-hydrogen) atoms. The summed E-state index contributed by atoms with van der Waals surface area (Å²) < 4.78 is 26.6. The summed E-state index contributed by atoms with van der Waals surface area (Å²) >= 11 is 0. The van der Waals surface area contributed by atoms with Gasteiger partial charge < -0.3 is 0 Å². The molecule has 0 aromatic heterocycles. The van der Waals surface area contributed by atoms with E-state index in [9.17, 15) is 8.78 Å².